The number of rotatable bonds is 1. The predicted molar refractivity (Wildman–Crippen MR) is 61.0 cm³/mol. The Morgan fingerprint density at radius 3 is 2.62 bits per heavy atom. The summed E-state index contributed by atoms with van der Waals surface area (Å²) in [4.78, 5) is 19.2. The minimum absolute atomic E-state index is 0.334. The average Bonchev–Trinajstić information content (AvgIpc) is 2.09. The second kappa shape index (κ2) is 4.34. The molecule has 0 fully saturated rings. The largest absolute Gasteiger partial charge is 0.444 e. The van der Waals surface area contributed by atoms with Crippen LogP contribution < -0.4 is 11.1 Å². The maximum atomic E-state index is 11.5. The molecule has 6 nitrogen and oxygen atoms in total. The van der Waals surface area contributed by atoms with E-state index in [1.165, 1.54) is 6.33 Å². The lowest BCUT2D eigenvalue weighted by atomic mass is 10.2. The molecule has 0 saturated carbocycles. The minimum Gasteiger partial charge on any atom is -0.444 e. The molecule has 0 aliphatic heterocycles. The first-order valence-electron chi connectivity index (χ1n) is 4.86. The van der Waals surface area contributed by atoms with E-state index in [9.17, 15) is 4.79 Å². The van der Waals surface area contributed by atoms with Gasteiger partial charge in [-0.25, -0.2) is 14.8 Å². The third kappa shape index (κ3) is 3.38. The van der Waals surface area contributed by atoms with Gasteiger partial charge >= 0.3 is 6.09 Å². The Morgan fingerprint density at radius 2 is 2.06 bits per heavy atom. The molecule has 0 saturated heterocycles. The van der Waals surface area contributed by atoms with Crippen molar-refractivity contribution in [3.63, 3.8) is 0 Å². The Bertz CT molecular complexity index is 398. The number of ether oxygens (including phenoxy) is 1. The molecule has 1 aromatic rings. The minimum atomic E-state index is -0.561. The van der Waals surface area contributed by atoms with Gasteiger partial charge in [-0.15, -0.1) is 0 Å². The van der Waals surface area contributed by atoms with Crippen LogP contribution >= 0.6 is 0 Å². The number of amides is 1. The number of nitrogens with two attached hydrogens (primary N) is 1. The highest BCUT2D eigenvalue weighted by molar-refractivity contribution is 5.85. The van der Waals surface area contributed by atoms with Crippen LogP contribution in [0.25, 0.3) is 0 Å². The van der Waals surface area contributed by atoms with E-state index < -0.39 is 11.7 Å². The zero-order valence-electron chi connectivity index (χ0n) is 9.87. The van der Waals surface area contributed by atoms with Crippen molar-refractivity contribution >= 4 is 17.7 Å². The molecule has 0 radical (unpaired) electrons. The van der Waals surface area contributed by atoms with Crippen LogP contribution in [0, 0.1) is 6.92 Å². The Morgan fingerprint density at radius 1 is 1.44 bits per heavy atom. The summed E-state index contributed by atoms with van der Waals surface area (Å²) in [5.74, 6) is 0.697. The second-order valence-electron chi connectivity index (χ2n) is 4.36. The molecule has 0 aliphatic carbocycles. The SMILES string of the molecule is Cc1c(N)ncnc1NC(=O)OC(C)(C)C. The van der Waals surface area contributed by atoms with Gasteiger partial charge in [0.25, 0.3) is 0 Å². The maximum absolute atomic E-state index is 11.5. The molecule has 1 heterocycles. The molecule has 3 N–H and O–H groups in total. The lowest BCUT2D eigenvalue weighted by molar-refractivity contribution is 0.0635. The van der Waals surface area contributed by atoms with Crippen LogP contribution in [0.1, 0.15) is 26.3 Å². The fraction of sp³-hybridized carbons (Fsp3) is 0.500. The Labute approximate surface area is 94.2 Å². The zero-order chi connectivity index (χ0) is 12.3. The summed E-state index contributed by atoms with van der Waals surface area (Å²) < 4.78 is 5.09. The Kier molecular flexibility index (Phi) is 3.31. The van der Waals surface area contributed by atoms with Gasteiger partial charge in [0.1, 0.15) is 23.6 Å². The third-order valence-electron chi connectivity index (χ3n) is 1.74. The van der Waals surface area contributed by atoms with Crippen molar-refractivity contribution < 1.29 is 9.53 Å². The van der Waals surface area contributed by atoms with Gasteiger partial charge in [0.2, 0.25) is 0 Å². The molecular formula is C10H16N4O2. The molecule has 1 amide bonds. The number of nitrogens with zero attached hydrogens (tertiary/aromatic N) is 2. The van der Waals surface area contributed by atoms with E-state index in [1.54, 1.807) is 27.7 Å². The number of carbonyl (C=O) groups is 1. The first-order chi connectivity index (χ1) is 7.29. The van der Waals surface area contributed by atoms with Crippen molar-refractivity contribution in [2.24, 2.45) is 0 Å². The summed E-state index contributed by atoms with van der Waals surface area (Å²) in [6.45, 7) is 7.08. The number of anilines is 2. The summed E-state index contributed by atoms with van der Waals surface area (Å²) in [7, 11) is 0. The van der Waals surface area contributed by atoms with E-state index in [4.69, 9.17) is 10.5 Å². The van der Waals surface area contributed by atoms with Crippen molar-refractivity contribution in [3.05, 3.63) is 11.9 Å². The van der Waals surface area contributed by atoms with Crippen LogP contribution in [-0.4, -0.2) is 21.7 Å². The highest BCUT2D eigenvalue weighted by Gasteiger charge is 2.17. The first-order valence-corrected chi connectivity index (χ1v) is 4.86. The molecule has 0 bridgehead atoms. The summed E-state index contributed by atoms with van der Waals surface area (Å²) in [6.07, 6.45) is 0.725. The van der Waals surface area contributed by atoms with Gasteiger partial charge in [0.05, 0.1) is 0 Å². The van der Waals surface area contributed by atoms with Crippen molar-refractivity contribution in [2.45, 2.75) is 33.3 Å². The molecule has 0 spiro atoms. The summed E-state index contributed by atoms with van der Waals surface area (Å²) >= 11 is 0. The van der Waals surface area contributed by atoms with E-state index in [0.717, 1.165) is 0 Å². The van der Waals surface area contributed by atoms with Gasteiger partial charge < -0.3 is 10.5 Å². The zero-order valence-corrected chi connectivity index (χ0v) is 9.87. The highest BCUT2D eigenvalue weighted by Crippen LogP contribution is 2.16. The molecule has 0 atom stereocenters. The van der Waals surface area contributed by atoms with E-state index in [1.807, 2.05) is 0 Å². The van der Waals surface area contributed by atoms with E-state index in [-0.39, 0.29) is 0 Å². The molecule has 88 valence electrons. The average molecular weight is 224 g/mol. The summed E-state index contributed by atoms with van der Waals surface area (Å²) in [6, 6.07) is 0. The van der Waals surface area contributed by atoms with Crippen LogP contribution in [0.15, 0.2) is 6.33 Å². The molecule has 16 heavy (non-hydrogen) atoms. The number of nitrogen functional groups attached to an aromatic ring is 1. The number of aromatic nitrogens is 2. The van der Waals surface area contributed by atoms with Gasteiger partial charge in [-0.05, 0) is 27.7 Å². The van der Waals surface area contributed by atoms with E-state index >= 15 is 0 Å². The Balaban J connectivity index is 2.74. The second-order valence-corrected chi connectivity index (χ2v) is 4.36. The molecule has 0 aromatic carbocycles. The molecule has 1 aromatic heterocycles. The summed E-state index contributed by atoms with van der Waals surface area (Å²) in [5.41, 5.74) is 5.65. The highest BCUT2D eigenvalue weighted by atomic mass is 16.6. The topological polar surface area (TPSA) is 90.1 Å². The van der Waals surface area contributed by atoms with Gasteiger partial charge in [0.15, 0.2) is 0 Å². The van der Waals surface area contributed by atoms with Crippen molar-refractivity contribution in [1.29, 1.82) is 0 Å². The fourth-order valence-corrected chi connectivity index (χ4v) is 0.990. The molecule has 1 rings (SSSR count). The molecule has 0 unspecified atom stereocenters. The molecule has 0 aliphatic rings. The van der Waals surface area contributed by atoms with Gasteiger partial charge in [-0.3, -0.25) is 5.32 Å². The number of carbonyl (C=O) groups excluding carboxylic acids is 1. The maximum Gasteiger partial charge on any atom is 0.413 e. The van der Waals surface area contributed by atoms with Crippen molar-refractivity contribution in [3.8, 4) is 0 Å². The first kappa shape index (κ1) is 12.2. The van der Waals surface area contributed by atoms with Gasteiger partial charge in [-0.1, -0.05) is 0 Å². The number of hydrogen-bond donors (Lipinski definition) is 2. The summed E-state index contributed by atoms with van der Waals surface area (Å²) in [5, 5.41) is 2.52. The van der Waals surface area contributed by atoms with Crippen LogP contribution in [0.4, 0.5) is 16.4 Å². The standard InChI is InChI=1S/C10H16N4O2/c1-6-7(11)12-5-13-8(6)14-9(15)16-10(2,3)4/h5H,1-4H3,(H3,11,12,13,14,15). The smallest absolute Gasteiger partial charge is 0.413 e. The lowest BCUT2D eigenvalue weighted by Gasteiger charge is -2.19. The van der Waals surface area contributed by atoms with Crippen LogP contribution in [-0.2, 0) is 4.74 Å². The van der Waals surface area contributed by atoms with Crippen LogP contribution in [0.2, 0.25) is 0 Å². The Hall–Kier alpha value is -1.85. The third-order valence-corrected chi connectivity index (χ3v) is 1.74. The van der Waals surface area contributed by atoms with Crippen molar-refractivity contribution in [1.82, 2.24) is 9.97 Å². The molecule has 6 heteroatoms. The predicted octanol–water partition coefficient (Wildman–Crippen LogP) is 1.71. The quantitative estimate of drug-likeness (QED) is 0.757. The molecular weight excluding hydrogens is 208 g/mol. The van der Waals surface area contributed by atoms with Crippen molar-refractivity contribution in [2.75, 3.05) is 11.1 Å². The normalized spacial score (nSPS) is 11.0. The van der Waals surface area contributed by atoms with Gasteiger partial charge in [-0.2, -0.15) is 0 Å². The monoisotopic (exact) mass is 224 g/mol. The number of nitrogens with one attached hydrogen (secondary N) is 1. The van der Waals surface area contributed by atoms with E-state index in [2.05, 4.69) is 15.3 Å². The van der Waals surface area contributed by atoms with Crippen LogP contribution in [0.3, 0.4) is 0 Å². The van der Waals surface area contributed by atoms with E-state index in [0.29, 0.717) is 17.2 Å². The lowest BCUT2D eigenvalue weighted by Crippen LogP contribution is -2.27. The number of hydrogen-bond acceptors (Lipinski definition) is 5. The van der Waals surface area contributed by atoms with Crippen LogP contribution in [0.5, 0.6) is 0 Å². The fourth-order valence-electron chi connectivity index (χ4n) is 0.990. The van der Waals surface area contributed by atoms with Gasteiger partial charge in [0, 0.05) is 5.56 Å².